The highest BCUT2D eigenvalue weighted by Gasteiger charge is 2.39. The minimum absolute atomic E-state index is 0.162. The van der Waals surface area contributed by atoms with Crippen LogP contribution in [0.4, 0.5) is 17.6 Å². The zero-order chi connectivity index (χ0) is 25.8. The zero-order valence-electron chi connectivity index (χ0n) is 18.0. The molecule has 1 unspecified atom stereocenters. The maximum Gasteiger partial charge on any atom is 0.399 e. The van der Waals surface area contributed by atoms with Crippen molar-refractivity contribution in [2.75, 3.05) is 7.11 Å². The van der Waals surface area contributed by atoms with E-state index in [1.807, 2.05) is 0 Å². The first-order valence-corrected chi connectivity index (χ1v) is 11.1. The van der Waals surface area contributed by atoms with Crippen LogP contribution in [0.25, 0.3) is 6.08 Å². The number of halogens is 7. The monoisotopic (exact) mass is 546 g/mol. The lowest BCUT2D eigenvalue weighted by Gasteiger charge is -2.18. The molecular formula is C24H17Cl3F4N2O2. The number of carbonyl (C=O) groups excluding carboxylic acids is 1. The molecule has 0 saturated carbocycles. The minimum Gasteiger partial charge on any atom is -0.496 e. The number of ether oxygens (including phenoxy) is 1. The Labute approximate surface area is 213 Å². The molecule has 1 amide bonds. The number of nitrogens with one attached hydrogen (secondary N) is 1. The van der Waals surface area contributed by atoms with Crippen molar-refractivity contribution in [1.82, 2.24) is 10.3 Å². The molecule has 0 aliphatic rings. The second-order valence-corrected chi connectivity index (χ2v) is 8.51. The lowest BCUT2D eigenvalue weighted by Crippen LogP contribution is -2.23. The third kappa shape index (κ3) is 6.87. The van der Waals surface area contributed by atoms with E-state index in [9.17, 15) is 22.4 Å². The van der Waals surface area contributed by atoms with Gasteiger partial charge in [-0.15, -0.1) is 0 Å². The third-order valence-electron chi connectivity index (χ3n) is 4.91. The van der Waals surface area contributed by atoms with Gasteiger partial charge in [-0.1, -0.05) is 59.1 Å². The maximum atomic E-state index is 13.7. The number of allylic oxidation sites excluding steroid dienone is 1. The van der Waals surface area contributed by atoms with E-state index < -0.39 is 33.9 Å². The van der Waals surface area contributed by atoms with Gasteiger partial charge in [-0.3, -0.25) is 4.79 Å². The number of aromatic nitrogens is 1. The fraction of sp³-hybridized carbons (Fsp3) is 0.167. The molecule has 1 heterocycles. The summed E-state index contributed by atoms with van der Waals surface area (Å²) in [5.41, 5.74) is 0.940. The highest BCUT2D eigenvalue weighted by molar-refractivity contribution is 6.35. The fourth-order valence-corrected chi connectivity index (χ4v) is 3.77. The van der Waals surface area contributed by atoms with Crippen LogP contribution in [0.15, 0.2) is 54.7 Å². The highest BCUT2D eigenvalue weighted by Crippen LogP contribution is 2.39. The molecular weight excluding hydrogens is 531 g/mol. The Balaban J connectivity index is 1.82. The summed E-state index contributed by atoms with van der Waals surface area (Å²) in [7, 11) is 1.34. The van der Waals surface area contributed by atoms with Gasteiger partial charge in [0.2, 0.25) is 0 Å². The van der Waals surface area contributed by atoms with Crippen LogP contribution in [0.5, 0.6) is 5.75 Å². The lowest BCUT2D eigenvalue weighted by molar-refractivity contribution is -0.139. The van der Waals surface area contributed by atoms with E-state index >= 15 is 0 Å². The highest BCUT2D eigenvalue weighted by atomic mass is 35.5. The van der Waals surface area contributed by atoms with E-state index in [0.29, 0.717) is 10.7 Å². The van der Waals surface area contributed by atoms with Gasteiger partial charge in [0.15, 0.2) is 5.82 Å². The summed E-state index contributed by atoms with van der Waals surface area (Å²) >= 11 is 17.1. The third-order valence-corrected chi connectivity index (χ3v) is 5.68. The van der Waals surface area contributed by atoms with Crippen molar-refractivity contribution in [3.05, 3.63) is 98.0 Å². The number of rotatable bonds is 7. The second kappa shape index (κ2) is 11.3. The number of hydrogen-bond donors (Lipinski definition) is 1. The molecule has 4 nitrogen and oxygen atoms in total. The molecule has 0 aliphatic heterocycles. The molecule has 1 aromatic heterocycles. The number of alkyl halides is 3. The number of benzene rings is 2. The lowest BCUT2D eigenvalue weighted by atomic mass is 9.96. The zero-order valence-corrected chi connectivity index (χ0v) is 20.2. The number of hydrogen-bond acceptors (Lipinski definition) is 3. The molecule has 3 aromatic rings. The molecule has 3 rings (SSSR count). The molecule has 1 atom stereocenters. The maximum absolute atomic E-state index is 13.7. The van der Waals surface area contributed by atoms with E-state index in [2.05, 4.69) is 10.3 Å². The first-order valence-electron chi connectivity index (χ1n) is 9.95. The van der Waals surface area contributed by atoms with Gasteiger partial charge in [-0.25, -0.2) is 9.37 Å². The summed E-state index contributed by atoms with van der Waals surface area (Å²) in [5, 5.41) is 2.01. The largest absolute Gasteiger partial charge is 0.496 e. The standard InChI is InChI=1S/C24H17Cl3F4N2O2/c1-35-20-8-13(2-5-16(20)23(34)33-12-14-4-7-21(27)32-11-14)3-6-17(24(29,30)31)15-9-18(25)22(28)19(26)10-15/h2-11,17H,12H2,1H3,(H,33,34)/b6-3+. The first-order chi connectivity index (χ1) is 16.5. The van der Waals surface area contributed by atoms with Crippen LogP contribution < -0.4 is 10.1 Å². The van der Waals surface area contributed by atoms with Gasteiger partial charge >= 0.3 is 6.18 Å². The first kappa shape index (κ1) is 26.8. The van der Waals surface area contributed by atoms with E-state index in [1.54, 1.807) is 12.1 Å². The van der Waals surface area contributed by atoms with Crippen molar-refractivity contribution in [2.45, 2.75) is 18.6 Å². The van der Waals surface area contributed by atoms with Gasteiger partial charge in [0.05, 0.1) is 28.6 Å². The van der Waals surface area contributed by atoms with E-state index in [1.165, 1.54) is 37.6 Å². The summed E-state index contributed by atoms with van der Waals surface area (Å²) in [6.07, 6.45) is -1.07. The second-order valence-electron chi connectivity index (χ2n) is 7.31. The average molecular weight is 548 g/mol. The number of methoxy groups -OCH3 is 1. The van der Waals surface area contributed by atoms with Gasteiger partial charge in [0.25, 0.3) is 5.91 Å². The normalized spacial score (nSPS) is 12.6. The van der Waals surface area contributed by atoms with Crippen LogP contribution in [0, 0.1) is 5.82 Å². The van der Waals surface area contributed by atoms with E-state index in [-0.39, 0.29) is 23.4 Å². The fourth-order valence-electron chi connectivity index (χ4n) is 3.16. The molecule has 1 N–H and O–H groups in total. The van der Waals surface area contributed by atoms with Crippen LogP contribution in [0.3, 0.4) is 0 Å². The molecule has 0 fully saturated rings. The Morgan fingerprint density at radius 2 is 1.80 bits per heavy atom. The van der Waals surface area contributed by atoms with Gasteiger partial charge < -0.3 is 10.1 Å². The summed E-state index contributed by atoms with van der Waals surface area (Å²) in [6, 6.07) is 9.39. The van der Waals surface area contributed by atoms with Crippen molar-refractivity contribution in [3.8, 4) is 5.75 Å². The minimum atomic E-state index is -4.69. The molecule has 35 heavy (non-hydrogen) atoms. The summed E-state index contributed by atoms with van der Waals surface area (Å²) < 4.78 is 60.1. The van der Waals surface area contributed by atoms with Crippen molar-refractivity contribution < 1.29 is 27.1 Å². The number of pyridine rings is 1. The predicted octanol–water partition coefficient (Wildman–Crippen LogP) is 7.48. The van der Waals surface area contributed by atoms with Crippen LogP contribution in [0.1, 0.15) is 33.0 Å². The van der Waals surface area contributed by atoms with E-state index in [0.717, 1.165) is 23.8 Å². The molecule has 0 aliphatic carbocycles. The Kier molecular flexibility index (Phi) is 8.64. The summed E-state index contributed by atoms with van der Waals surface area (Å²) in [6.45, 7) is 0.184. The summed E-state index contributed by atoms with van der Waals surface area (Å²) in [5.74, 6) is -3.38. The Bertz CT molecular complexity index is 1230. The molecule has 2 aromatic carbocycles. The van der Waals surface area contributed by atoms with Crippen LogP contribution >= 0.6 is 34.8 Å². The molecule has 0 spiro atoms. The Hall–Kier alpha value is -2.81. The van der Waals surface area contributed by atoms with Gasteiger partial charge in [-0.05, 0) is 47.0 Å². The Morgan fingerprint density at radius 1 is 1.11 bits per heavy atom. The molecule has 11 heteroatoms. The average Bonchev–Trinajstić information content (AvgIpc) is 2.81. The van der Waals surface area contributed by atoms with Gasteiger partial charge in [0.1, 0.15) is 10.9 Å². The smallest absolute Gasteiger partial charge is 0.399 e. The summed E-state index contributed by atoms with van der Waals surface area (Å²) in [4.78, 5) is 16.5. The van der Waals surface area contributed by atoms with Crippen molar-refractivity contribution in [3.63, 3.8) is 0 Å². The molecule has 0 radical (unpaired) electrons. The number of amides is 1. The van der Waals surface area contributed by atoms with Crippen LogP contribution in [-0.4, -0.2) is 24.2 Å². The van der Waals surface area contributed by atoms with Crippen molar-refractivity contribution in [1.29, 1.82) is 0 Å². The molecule has 0 saturated heterocycles. The quantitative estimate of drug-likeness (QED) is 0.190. The van der Waals surface area contributed by atoms with Crippen molar-refractivity contribution >= 4 is 46.8 Å². The number of nitrogens with zero attached hydrogens (tertiary/aromatic N) is 1. The SMILES string of the molecule is COc1cc(/C=C/C(c2cc(Cl)c(F)c(Cl)c2)C(F)(F)F)ccc1C(=O)NCc1ccc(Cl)nc1. The molecule has 184 valence electrons. The molecule has 0 bridgehead atoms. The van der Waals surface area contributed by atoms with E-state index in [4.69, 9.17) is 39.5 Å². The Morgan fingerprint density at radius 3 is 2.37 bits per heavy atom. The predicted molar refractivity (Wildman–Crippen MR) is 128 cm³/mol. The van der Waals surface area contributed by atoms with Gasteiger partial charge in [0, 0.05) is 12.7 Å². The van der Waals surface area contributed by atoms with Crippen molar-refractivity contribution in [2.24, 2.45) is 0 Å². The topological polar surface area (TPSA) is 51.2 Å². The number of carbonyl (C=O) groups is 1. The van der Waals surface area contributed by atoms with Crippen LogP contribution in [-0.2, 0) is 6.54 Å². The van der Waals surface area contributed by atoms with Crippen LogP contribution in [0.2, 0.25) is 15.2 Å². The van der Waals surface area contributed by atoms with Gasteiger partial charge in [-0.2, -0.15) is 13.2 Å².